The van der Waals surface area contributed by atoms with Crippen LogP contribution < -0.4 is 5.32 Å². The van der Waals surface area contributed by atoms with E-state index in [1.54, 1.807) is 17.5 Å². The number of nitrogens with zero attached hydrogens (tertiary/aromatic N) is 2. The molecule has 1 saturated carbocycles. The number of nitrogens with one attached hydrogen (secondary N) is 1. The Morgan fingerprint density at radius 2 is 2.31 bits per heavy atom. The molecule has 0 amide bonds. The molecule has 0 radical (unpaired) electrons. The van der Waals surface area contributed by atoms with Crippen LogP contribution in [0.25, 0.3) is 10.6 Å². The molecule has 4 heteroatoms. The Bertz CT molecular complexity index is 488. The van der Waals surface area contributed by atoms with E-state index >= 15 is 0 Å². The van der Waals surface area contributed by atoms with Crippen molar-refractivity contribution >= 4 is 16.3 Å². The van der Waals surface area contributed by atoms with Gasteiger partial charge in [-0.2, -0.15) is 0 Å². The lowest BCUT2D eigenvalue weighted by Gasteiger charge is -1.96. The average molecular weight is 231 g/mol. The highest BCUT2D eigenvalue weighted by atomic mass is 32.1. The van der Waals surface area contributed by atoms with Gasteiger partial charge >= 0.3 is 0 Å². The van der Waals surface area contributed by atoms with Crippen molar-refractivity contribution in [3.05, 3.63) is 30.2 Å². The van der Waals surface area contributed by atoms with Crippen molar-refractivity contribution in [3.63, 3.8) is 0 Å². The monoisotopic (exact) mass is 231 g/mol. The van der Waals surface area contributed by atoms with Crippen molar-refractivity contribution in [2.75, 3.05) is 12.4 Å². The second kappa shape index (κ2) is 3.87. The number of thiazole rings is 1. The zero-order valence-corrected chi connectivity index (χ0v) is 9.92. The quantitative estimate of drug-likeness (QED) is 0.882. The SMILES string of the molecule is CNc1sc(-c2cccnc2)nc1C1CC1. The maximum atomic E-state index is 4.73. The molecule has 2 heterocycles. The summed E-state index contributed by atoms with van der Waals surface area (Å²) in [5.41, 5.74) is 2.35. The highest BCUT2D eigenvalue weighted by molar-refractivity contribution is 7.19. The minimum Gasteiger partial charge on any atom is -0.378 e. The molecule has 1 fully saturated rings. The predicted octanol–water partition coefficient (Wildman–Crippen LogP) is 3.12. The first-order valence-corrected chi connectivity index (χ1v) is 6.29. The lowest BCUT2D eigenvalue weighted by atomic mass is 10.3. The van der Waals surface area contributed by atoms with Crippen LogP contribution in [0.3, 0.4) is 0 Å². The van der Waals surface area contributed by atoms with Gasteiger partial charge in [-0.3, -0.25) is 4.98 Å². The van der Waals surface area contributed by atoms with Gasteiger partial charge in [-0.15, -0.1) is 0 Å². The number of anilines is 1. The molecule has 1 aliphatic rings. The molecule has 0 bridgehead atoms. The number of rotatable bonds is 3. The Kier molecular flexibility index (Phi) is 2.36. The summed E-state index contributed by atoms with van der Waals surface area (Å²) in [6.07, 6.45) is 6.22. The molecular formula is C12H13N3S. The summed E-state index contributed by atoms with van der Waals surface area (Å²) in [6.45, 7) is 0. The third kappa shape index (κ3) is 1.69. The summed E-state index contributed by atoms with van der Waals surface area (Å²) in [5.74, 6) is 0.684. The Morgan fingerprint density at radius 1 is 1.44 bits per heavy atom. The van der Waals surface area contributed by atoms with Gasteiger partial charge in [-0.05, 0) is 25.0 Å². The normalized spacial score (nSPS) is 15.1. The van der Waals surface area contributed by atoms with Crippen LogP contribution in [-0.2, 0) is 0 Å². The summed E-state index contributed by atoms with van der Waals surface area (Å²) in [6, 6.07) is 4.01. The molecule has 0 aromatic carbocycles. The molecule has 16 heavy (non-hydrogen) atoms. The fraction of sp³-hybridized carbons (Fsp3) is 0.333. The second-order valence-corrected chi connectivity index (χ2v) is 5.00. The van der Waals surface area contributed by atoms with Crippen molar-refractivity contribution in [1.29, 1.82) is 0 Å². The molecule has 0 saturated heterocycles. The molecule has 0 atom stereocenters. The van der Waals surface area contributed by atoms with E-state index < -0.39 is 0 Å². The zero-order valence-electron chi connectivity index (χ0n) is 9.10. The number of hydrogen-bond acceptors (Lipinski definition) is 4. The first-order valence-electron chi connectivity index (χ1n) is 5.47. The lowest BCUT2D eigenvalue weighted by molar-refractivity contribution is 1.05. The summed E-state index contributed by atoms with van der Waals surface area (Å²) >= 11 is 1.72. The summed E-state index contributed by atoms with van der Waals surface area (Å²) in [7, 11) is 1.96. The van der Waals surface area contributed by atoms with Crippen LogP contribution in [0.1, 0.15) is 24.5 Å². The van der Waals surface area contributed by atoms with E-state index in [-0.39, 0.29) is 0 Å². The van der Waals surface area contributed by atoms with Crippen molar-refractivity contribution in [2.24, 2.45) is 0 Å². The fourth-order valence-electron chi connectivity index (χ4n) is 1.76. The smallest absolute Gasteiger partial charge is 0.127 e. The molecule has 82 valence electrons. The van der Waals surface area contributed by atoms with Crippen molar-refractivity contribution in [2.45, 2.75) is 18.8 Å². The summed E-state index contributed by atoms with van der Waals surface area (Å²) in [5, 5.41) is 5.52. The first kappa shape index (κ1) is 9.78. The van der Waals surface area contributed by atoms with Gasteiger partial charge in [0.1, 0.15) is 10.0 Å². The van der Waals surface area contributed by atoms with E-state index in [0.717, 1.165) is 10.6 Å². The first-order chi connectivity index (χ1) is 7.88. The van der Waals surface area contributed by atoms with Crippen molar-refractivity contribution in [3.8, 4) is 10.6 Å². The molecule has 0 aliphatic heterocycles. The minimum atomic E-state index is 0.684. The largest absolute Gasteiger partial charge is 0.378 e. The molecular weight excluding hydrogens is 218 g/mol. The van der Waals surface area contributed by atoms with Crippen LogP contribution in [0.15, 0.2) is 24.5 Å². The highest BCUT2D eigenvalue weighted by Gasteiger charge is 2.29. The number of aromatic nitrogens is 2. The maximum Gasteiger partial charge on any atom is 0.127 e. The third-order valence-corrected chi connectivity index (χ3v) is 3.89. The van der Waals surface area contributed by atoms with Gasteiger partial charge in [0.2, 0.25) is 0 Å². The number of hydrogen-bond donors (Lipinski definition) is 1. The van der Waals surface area contributed by atoms with E-state index in [4.69, 9.17) is 4.98 Å². The van der Waals surface area contributed by atoms with Crippen molar-refractivity contribution < 1.29 is 0 Å². The zero-order chi connectivity index (χ0) is 11.0. The third-order valence-electron chi connectivity index (χ3n) is 2.75. The Balaban J connectivity index is 2.02. The van der Waals surface area contributed by atoms with Crippen LogP contribution >= 0.6 is 11.3 Å². The van der Waals surface area contributed by atoms with Crippen molar-refractivity contribution in [1.82, 2.24) is 9.97 Å². The molecule has 0 spiro atoms. The Labute approximate surface area is 98.6 Å². The van der Waals surface area contributed by atoms with Crippen LogP contribution in [0, 0.1) is 0 Å². The molecule has 0 unspecified atom stereocenters. The number of pyridine rings is 1. The maximum absolute atomic E-state index is 4.73. The van der Waals surface area contributed by atoms with Gasteiger partial charge in [-0.25, -0.2) is 4.98 Å². The average Bonchev–Trinajstić information content (AvgIpc) is 3.10. The van der Waals surface area contributed by atoms with E-state index in [1.165, 1.54) is 23.5 Å². The van der Waals surface area contributed by atoms with Crippen LogP contribution in [0.5, 0.6) is 0 Å². The van der Waals surface area contributed by atoms with E-state index in [0.29, 0.717) is 5.92 Å². The summed E-state index contributed by atoms with van der Waals surface area (Å²) in [4.78, 5) is 8.86. The Hall–Kier alpha value is -1.42. The van der Waals surface area contributed by atoms with Gasteiger partial charge in [-0.1, -0.05) is 11.3 Å². The highest BCUT2D eigenvalue weighted by Crippen LogP contribution is 2.46. The molecule has 2 aromatic rings. The molecule has 1 aliphatic carbocycles. The molecule has 3 nitrogen and oxygen atoms in total. The topological polar surface area (TPSA) is 37.8 Å². The molecule has 2 aromatic heterocycles. The van der Waals surface area contributed by atoms with E-state index in [9.17, 15) is 0 Å². The Morgan fingerprint density at radius 3 is 2.94 bits per heavy atom. The standard InChI is InChI=1S/C12H13N3S/c1-13-12-10(8-4-5-8)15-11(16-12)9-3-2-6-14-7-9/h2-3,6-8,13H,4-5H2,1H3. The predicted molar refractivity (Wildman–Crippen MR) is 66.9 cm³/mol. The fourth-order valence-corrected chi connectivity index (χ4v) is 2.75. The van der Waals surface area contributed by atoms with E-state index in [2.05, 4.69) is 16.4 Å². The molecule has 3 rings (SSSR count). The van der Waals surface area contributed by atoms with Gasteiger partial charge in [0.05, 0.1) is 5.69 Å². The molecule has 1 N–H and O–H groups in total. The second-order valence-electron chi connectivity index (χ2n) is 4.00. The van der Waals surface area contributed by atoms with Gasteiger partial charge in [0.15, 0.2) is 0 Å². The summed E-state index contributed by atoms with van der Waals surface area (Å²) < 4.78 is 0. The van der Waals surface area contributed by atoms with Gasteiger partial charge in [0.25, 0.3) is 0 Å². The van der Waals surface area contributed by atoms with Gasteiger partial charge in [0, 0.05) is 30.9 Å². The van der Waals surface area contributed by atoms with Crippen LogP contribution in [0.2, 0.25) is 0 Å². The minimum absolute atomic E-state index is 0.684. The van der Waals surface area contributed by atoms with Crippen LogP contribution in [0.4, 0.5) is 5.00 Å². The lowest BCUT2D eigenvalue weighted by Crippen LogP contribution is -1.89. The van der Waals surface area contributed by atoms with Crippen LogP contribution in [-0.4, -0.2) is 17.0 Å². The van der Waals surface area contributed by atoms with E-state index in [1.807, 2.05) is 19.3 Å². The van der Waals surface area contributed by atoms with Gasteiger partial charge < -0.3 is 5.32 Å².